The summed E-state index contributed by atoms with van der Waals surface area (Å²) in [5.74, 6) is 3.20. The Labute approximate surface area is 103 Å². The molecule has 0 saturated heterocycles. The second-order valence-electron chi connectivity index (χ2n) is 3.27. The Morgan fingerprint density at radius 2 is 1.88 bits per heavy atom. The standard InChI is InChI=1S/C12H11F3OS/c1-10-4-6-11(7-5-10)17-16-9-3-2-8-12(13,14)15/h4-7H,3,9H2,1H3. The number of hydrogen-bond acceptors (Lipinski definition) is 2. The quantitative estimate of drug-likeness (QED) is 0.460. The molecule has 0 radical (unpaired) electrons. The molecule has 0 aliphatic heterocycles. The summed E-state index contributed by atoms with van der Waals surface area (Å²) in [4.78, 5) is 0.916. The lowest BCUT2D eigenvalue weighted by Gasteiger charge is -2.00. The minimum absolute atomic E-state index is 0.0678. The number of hydrogen-bond donors (Lipinski definition) is 0. The molecule has 5 heteroatoms. The largest absolute Gasteiger partial charge is 0.457 e. The summed E-state index contributed by atoms with van der Waals surface area (Å²) < 4.78 is 40.1. The van der Waals surface area contributed by atoms with E-state index in [0.29, 0.717) is 0 Å². The van der Waals surface area contributed by atoms with Crippen molar-refractivity contribution in [2.75, 3.05) is 6.61 Å². The third-order valence-corrected chi connectivity index (χ3v) is 2.47. The summed E-state index contributed by atoms with van der Waals surface area (Å²) in [6.45, 7) is 2.14. The fourth-order valence-corrected chi connectivity index (χ4v) is 1.51. The highest BCUT2D eigenvalue weighted by Crippen LogP contribution is 2.19. The summed E-state index contributed by atoms with van der Waals surface area (Å²) in [5, 5.41) is 0. The predicted molar refractivity (Wildman–Crippen MR) is 61.4 cm³/mol. The summed E-state index contributed by atoms with van der Waals surface area (Å²) in [6, 6.07) is 7.66. The first-order chi connectivity index (χ1) is 7.97. The van der Waals surface area contributed by atoms with Crippen LogP contribution in [0.25, 0.3) is 0 Å². The van der Waals surface area contributed by atoms with Crippen LogP contribution < -0.4 is 0 Å². The van der Waals surface area contributed by atoms with E-state index in [-0.39, 0.29) is 13.0 Å². The SMILES string of the molecule is Cc1ccc(SOCCC#CC(F)(F)F)cc1. The Kier molecular flexibility index (Phi) is 5.39. The van der Waals surface area contributed by atoms with Gasteiger partial charge in [0.2, 0.25) is 0 Å². The average molecular weight is 260 g/mol. The van der Waals surface area contributed by atoms with E-state index in [2.05, 4.69) is 0 Å². The first-order valence-corrected chi connectivity index (χ1v) is 5.64. The highest BCUT2D eigenvalue weighted by atomic mass is 32.2. The molecular formula is C12H11F3OS. The number of alkyl halides is 3. The van der Waals surface area contributed by atoms with Gasteiger partial charge in [0, 0.05) is 29.3 Å². The van der Waals surface area contributed by atoms with Crippen LogP contribution in [-0.4, -0.2) is 12.8 Å². The molecule has 0 aromatic heterocycles. The first-order valence-electron chi connectivity index (χ1n) is 4.90. The zero-order valence-corrected chi connectivity index (χ0v) is 9.99. The fraction of sp³-hybridized carbons (Fsp3) is 0.333. The van der Waals surface area contributed by atoms with Crippen LogP contribution in [0.2, 0.25) is 0 Å². The van der Waals surface area contributed by atoms with Gasteiger partial charge in [0.25, 0.3) is 0 Å². The number of aryl methyl sites for hydroxylation is 1. The minimum Gasteiger partial charge on any atom is -0.309 e. The lowest BCUT2D eigenvalue weighted by Crippen LogP contribution is -2.01. The highest BCUT2D eigenvalue weighted by Gasteiger charge is 2.22. The van der Waals surface area contributed by atoms with E-state index in [1.807, 2.05) is 37.1 Å². The average Bonchev–Trinajstić information content (AvgIpc) is 2.24. The highest BCUT2D eigenvalue weighted by molar-refractivity contribution is 7.94. The lowest BCUT2D eigenvalue weighted by molar-refractivity contribution is -0.0697. The van der Waals surface area contributed by atoms with Gasteiger partial charge in [0.05, 0.1) is 6.61 Å². The molecule has 1 aromatic carbocycles. The van der Waals surface area contributed by atoms with Crippen LogP contribution in [0.3, 0.4) is 0 Å². The second kappa shape index (κ2) is 6.58. The Hall–Kier alpha value is -1.12. The van der Waals surface area contributed by atoms with Crippen molar-refractivity contribution in [3.63, 3.8) is 0 Å². The molecule has 0 atom stereocenters. The molecule has 17 heavy (non-hydrogen) atoms. The van der Waals surface area contributed by atoms with Gasteiger partial charge in [0.15, 0.2) is 0 Å². The summed E-state index contributed by atoms with van der Waals surface area (Å²) in [7, 11) is 0. The van der Waals surface area contributed by atoms with E-state index < -0.39 is 6.18 Å². The maximum atomic E-state index is 11.6. The third kappa shape index (κ3) is 6.93. The normalized spacial score (nSPS) is 10.8. The zero-order chi connectivity index (χ0) is 12.7. The van der Waals surface area contributed by atoms with Gasteiger partial charge < -0.3 is 4.18 Å². The molecule has 0 saturated carbocycles. The molecule has 0 amide bonds. The molecule has 1 rings (SSSR count). The molecule has 0 aliphatic carbocycles. The van der Waals surface area contributed by atoms with Crippen molar-refractivity contribution in [3.8, 4) is 11.8 Å². The smallest absolute Gasteiger partial charge is 0.309 e. The van der Waals surface area contributed by atoms with Crippen LogP contribution in [0.5, 0.6) is 0 Å². The van der Waals surface area contributed by atoms with E-state index in [9.17, 15) is 13.2 Å². The molecular weight excluding hydrogens is 249 g/mol. The maximum absolute atomic E-state index is 11.6. The van der Waals surface area contributed by atoms with E-state index in [1.54, 1.807) is 0 Å². The molecule has 0 spiro atoms. The van der Waals surface area contributed by atoms with Crippen molar-refractivity contribution in [2.45, 2.75) is 24.4 Å². The topological polar surface area (TPSA) is 9.23 Å². The first kappa shape index (κ1) is 13.9. The Morgan fingerprint density at radius 1 is 1.24 bits per heavy atom. The van der Waals surface area contributed by atoms with Crippen LogP contribution in [0.4, 0.5) is 13.2 Å². The summed E-state index contributed by atoms with van der Waals surface area (Å²) in [6.07, 6.45) is -4.34. The monoisotopic (exact) mass is 260 g/mol. The van der Waals surface area contributed by atoms with Gasteiger partial charge in [-0.05, 0) is 19.1 Å². The van der Waals surface area contributed by atoms with Gasteiger partial charge in [-0.25, -0.2) is 0 Å². The van der Waals surface area contributed by atoms with Gasteiger partial charge in [-0.1, -0.05) is 23.6 Å². The number of rotatable bonds is 4. The van der Waals surface area contributed by atoms with Crippen molar-refractivity contribution in [3.05, 3.63) is 29.8 Å². The van der Waals surface area contributed by atoms with Gasteiger partial charge in [-0.2, -0.15) is 13.2 Å². The Balaban J connectivity index is 2.20. The summed E-state index contributed by atoms with van der Waals surface area (Å²) in [5.41, 5.74) is 1.14. The van der Waals surface area contributed by atoms with E-state index >= 15 is 0 Å². The molecule has 0 heterocycles. The van der Waals surface area contributed by atoms with Gasteiger partial charge in [-0.3, -0.25) is 0 Å². The van der Waals surface area contributed by atoms with Crippen LogP contribution in [0.1, 0.15) is 12.0 Å². The lowest BCUT2D eigenvalue weighted by atomic mass is 10.2. The van der Waals surface area contributed by atoms with E-state index in [0.717, 1.165) is 22.5 Å². The third-order valence-electron chi connectivity index (χ3n) is 1.72. The van der Waals surface area contributed by atoms with E-state index in [1.165, 1.54) is 5.92 Å². The predicted octanol–water partition coefficient (Wildman–Crippen LogP) is 3.97. The maximum Gasteiger partial charge on any atom is 0.457 e. The van der Waals surface area contributed by atoms with Crippen LogP contribution in [-0.2, 0) is 4.18 Å². The van der Waals surface area contributed by atoms with E-state index in [4.69, 9.17) is 4.18 Å². The van der Waals surface area contributed by atoms with Crippen molar-refractivity contribution in [1.29, 1.82) is 0 Å². The van der Waals surface area contributed by atoms with Crippen LogP contribution >= 0.6 is 12.0 Å². The number of benzene rings is 1. The number of halogens is 3. The molecule has 1 aromatic rings. The van der Waals surface area contributed by atoms with Crippen molar-refractivity contribution in [2.24, 2.45) is 0 Å². The Bertz CT molecular complexity index is 400. The molecule has 0 N–H and O–H groups in total. The van der Waals surface area contributed by atoms with Crippen molar-refractivity contribution < 1.29 is 17.4 Å². The molecule has 1 nitrogen and oxygen atoms in total. The molecule has 92 valence electrons. The van der Waals surface area contributed by atoms with Crippen molar-refractivity contribution >= 4 is 12.0 Å². The zero-order valence-electron chi connectivity index (χ0n) is 9.17. The van der Waals surface area contributed by atoms with Crippen LogP contribution in [0, 0.1) is 18.8 Å². The van der Waals surface area contributed by atoms with Gasteiger partial charge in [-0.15, -0.1) is 0 Å². The summed E-state index contributed by atoms with van der Waals surface area (Å²) >= 11 is 1.14. The molecule has 0 fully saturated rings. The van der Waals surface area contributed by atoms with Crippen LogP contribution in [0.15, 0.2) is 29.2 Å². The minimum atomic E-state index is -4.41. The molecule has 0 bridgehead atoms. The van der Waals surface area contributed by atoms with Gasteiger partial charge in [0.1, 0.15) is 0 Å². The Morgan fingerprint density at radius 3 is 2.47 bits per heavy atom. The van der Waals surface area contributed by atoms with Crippen molar-refractivity contribution in [1.82, 2.24) is 0 Å². The molecule has 0 aliphatic rings. The second-order valence-corrected chi connectivity index (χ2v) is 4.14. The van der Waals surface area contributed by atoms with Gasteiger partial charge >= 0.3 is 6.18 Å². The fourth-order valence-electron chi connectivity index (χ4n) is 0.959. The molecule has 0 unspecified atom stereocenters.